The first-order valence-corrected chi connectivity index (χ1v) is 3.03. The Kier molecular flexibility index (Phi) is 3.83. The number of hydrogen-bond acceptors (Lipinski definition) is 2. The van der Waals surface area contributed by atoms with Crippen molar-refractivity contribution >= 4 is 0 Å². The topological polar surface area (TPSA) is 46.2 Å². The SMILES string of the molecule is CC(C)CC(N)CO. The molecule has 0 fully saturated rings. The maximum Gasteiger partial charge on any atom is 0.0582 e. The van der Waals surface area contributed by atoms with E-state index in [0.717, 1.165) is 6.42 Å². The minimum atomic E-state index is -0.0185. The monoisotopic (exact) mass is 117 g/mol. The summed E-state index contributed by atoms with van der Waals surface area (Å²) in [6.07, 6.45) is 0.913. The second-order valence-electron chi connectivity index (χ2n) is 2.57. The van der Waals surface area contributed by atoms with E-state index in [9.17, 15) is 0 Å². The molecule has 1 unspecified atom stereocenters. The van der Waals surface area contributed by atoms with E-state index in [1.807, 2.05) is 0 Å². The highest BCUT2D eigenvalue weighted by Crippen LogP contribution is 2.00. The molecular formula is C6H15NO. The van der Waals surface area contributed by atoms with E-state index in [1.54, 1.807) is 0 Å². The standard InChI is InChI=1S/C6H15NO/c1-5(2)3-6(7)4-8/h5-6,8H,3-4,7H2,1-2H3. The summed E-state index contributed by atoms with van der Waals surface area (Å²) in [5.41, 5.74) is 5.42. The van der Waals surface area contributed by atoms with Gasteiger partial charge in [0.2, 0.25) is 0 Å². The van der Waals surface area contributed by atoms with Crippen LogP contribution in [0.15, 0.2) is 0 Å². The molecular weight excluding hydrogens is 102 g/mol. The molecule has 2 nitrogen and oxygen atoms in total. The van der Waals surface area contributed by atoms with Crippen LogP contribution in [0.4, 0.5) is 0 Å². The van der Waals surface area contributed by atoms with Gasteiger partial charge in [-0.25, -0.2) is 0 Å². The fourth-order valence-electron chi connectivity index (χ4n) is 0.680. The lowest BCUT2D eigenvalue weighted by Crippen LogP contribution is -2.25. The van der Waals surface area contributed by atoms with Crippen LogP contribution in [0.3, 0.4) is 0 Å². The van der Waals surface area contributed by atoms with Gasteiger partial charge in [0.25, 0.3) is 0 Å². The van der Waals surface area contributed by atoms with Crippen LogP contribution in [0.2, 0.25) is 0 Å². The van der Waals surface area contributed by atoms with E-state index in [4.69, 9.17) is 10.8 Å². The van der Waals surface area contributed by atoms with E-state index in [2.05, 4.69) is 13.8 Å². The van der Waals surface area contributed by atoms with Crippen LogP contribution < -0.4 is 5.73 Å². The molecule has 0 aromatic carbocycles. The summed E-state index contributed by atoms with van der Waals surface area (Å²) < 4.78 is 0. The highest BCUT2D eigenvalue weighted by molar-refractivity contribution is 4.60. The largest absolute Gasteiger partial charge is 0.395 e. The van der Waals surface area contributed by atoms with E-state index in [1.165, 1.54) is 0 Å². The predicted octanol–water partition coefficient (Wildman–Crippen LogP) is 0.352. The molecule has 0 saturated carbocycles. The zero-order chi connectivity index (χ0) is 6.57. The molecule has 0 amide bonds. The van der Waals surface area contributed by atoms with Gasteiger partial charge in [0, 0.05) is 6.04 Å². The first-order chi connectivity index (χ1) is 3.66. The highest BCUT2D eigenvalue weighted by atomic mass is 16.3. The lowest BCUT2D eigenvalue weighted by molar-refractivity contribution is 0.250. The van der Waals surface area contributed by atoms with Gasteiger partial charge in [-0.1, -0.05) is 13.8 Å². The summed E-state index contributed by atoms with van der Waals surface area (Å²) in [7, 11) is 0. The van der Waals surface area contributed by atoms with Crippen molar-refractivity contribution in [1.29, 1.82) is 0 Å². The lowest BCUT2D eigenvalue weighted by atomic mass is 10.1. The van der Waals surface area contributed by atoms with Crippen molar-refractivity contribution in [1.82, 2.24) is 0 Å². The van der Waals surface area contributed by atoms with Gasteiger partial charge in [0.1, 0.15) is 0 Å². The van der Waals surface area contributed by atoms with Gasteiger partial charge in [0.05, 0.1) is 6.61 Å². The first kappa shape index (κ1) is 7.92. The van der Waals surface area contributed by atoms with Crippen molar-refractivity contribution in [2.75, 3.05) is 6.61 Å². The van der Waals surface area contributed by atoms with Crippen LogP contribution in [0.5, 0.6) is 0 Å². The summed E-state index contributed by atoms with van der Waals surface area (Å²) in [6, 6.07) is -0.0185. The van der Waals surface area contributed by atoms with Crippen LogP contribution in [-0.2, 0) is 0 Å². The van der Waals surface area contributed by atoms with Crippen molar-refractivity contribution in [3.05, 3.63) is 0 Å². The smallest absolute Gasteiger partial charge is 0.0582 e. The normalized spacial score (nSPS) is 14.6. The van der Waals surface area contributed by atoms with E-state index in [0.29, 0.717) is 5.92 Å². The molecule has 0 aromatic rings. The number of rotatable bonds is 3. The van der Waals surface area contributed by atoms with Crippen molar-refractivity contribution in [3.63, 3.8) is 0 Å². The molecule has 0 heterocycles. The van der Waals surface area contributed by atoms with Gasteiger partial charge in [-0.2, -0.15) is 0 Å². The molecule has 0 rings (SSSR count). The Hall–Kier alpha value is -0.0800. The molecule has 2 heteroatoms. The third-order valence-electron chi connectivity index (χ3n) is 1.01. The number of hydrogen-bond donors (Lipinski definition) is 2. The molecule has 0 spiro atoms. The molecule has 8 heavy (non-hydrogen) atoms. The Morgan fingerprint density at radius 2 is 2.00 bits per heavy atom. The van der Waals surface area contributed by atoms with Gasteiger partial charge in [-0.3, -0.25) is 0 Å². The molecule has 0 aromatic heterocycles. The maximum absolute atomic E-state index is 8.46. The molecule has 3 N–H and O–H groups in total. The van der Waals surface area contributed by atoms with Crippen LogP contribution >= 0.6 is 0 Å². The van der Waals surface area contributed by atoms with E-state index < -0.39 is 0 Å². The molecule has 50 valence electrons. The third-order valence-corrected chi connectivity index (χ3v) is 1.01. The number of aliphatic hydroxyl groups excluding tert-OH is 1. The Morgan fingerprint density at radius 1 is 1.50 bits per heavy atom. The first-order valence-electron chi connectivity index (χ1n) is 3.03. The molecule has 0 radical (unpaired) electrons. The Labute approximate surface area is 50.7 Å². The Morgan fingerprint density at radius 3 is 2.12 bits per heavy atom. The quantitative estimate of drug-likeness (QED) is 0.560. The van der Waals surface area contributed by atoms with Gasteiger partial charge >= 0.3 is 0 Å². The molecule has 0 bridgehead atoms. The number of nitrogens with two attached hydrogens (primary N) is 1. The molecule has 0 aliphatic heterocycles. The van der Waals surface area contributed by atoms with Crippen LogP contribution in [0.25, 0.3) is 0 Å². The lowest BCUT2D eigenvalue weighted by Gasteiger charge is -2.09. The zero-order valence-corrected chi connectivity index (χ0v) is 5.59. The summed E-state index contributed by atoms with van der Waals surface area (Å²) in [6.45, 7) is 4.29. The van der Waals surface area contributed by atoms with Crippen LogP contribution in [0, 0.1) is 5.92 Å². The van der Waals surface area contributed by atoms with Crippen molar-refractivity contribution in [2.24, 2.45) is 11.7 Å². The Bertz CT molecular complexity index is 54.5. The molecule has 0 aliphatic carbocycles. The second kappa shape index (κ2) is 3.87. The van der Waals surface area contributed by atoms with Gasteiger partial charge in [-0.15, -0.1) is 0 Å². The predicted molar refractivity (Wildman–Crippen MR) is 34.5 cm³/mol. The average molecular weight is 117 g/mol. The Balaban J connectivity index is 3.10. The van der Waals surface area contributed by atoms with Crippen LogP contribution in [0.1, 0.15) is 20.3 Å². The highest BCUT2D eigenvalue weighted by Gasteiger charge is 2.01. The maximum atomic E-state index is 8.46. The third kappa shape index (κ3) is 4.09. The van der Waals surface area contributed by atoms with Gasteiger partial charge in [0.15, 0.2) is 0 Å². The van der Waals surface area contributed by atoms with Crippen LogP contribution in [-0.4, -0.2) is 17.8 Å². The summed E-state index contributed by atoms with van der Waals surface area (Å²) in [5.74, 6) is 0.595. The van der Waals surface area contributed by atoms with Gasteiger partial charge < -0.3 is 10.8 Å². The van der Waals surface area contributed by atoms with Crippen molar-refractivity contribution in [3.8, 4) is 0 Å². The summed E-state index contributed by atoms with van der Waals surface area (Å²) in [4.78, 5) is 0. The fraction of sp³-hybridized carbons (Fsp3) is 1.00. The average Bonchev–Trinajstić information content (AvgIpc) is 1.65. The molecule has 1 atom stereocenters. The summed E-state index contributed by atoms with van der Waals surface area (Å²) >= 11 is 0. The zero-order valence-electron chi connectivity index (χ0n) is 5.59. The van der Waals surface area contributed by atoms with Gasteiger partial charge in [-0.05, 0) is 12.3 Å². The fourth-order valence-corrected chi connectivity index (χ4v) is 0.680. The summed E-state index contributed by atoms with van der Waals surface area (Å²) in [5, 5.41) is 8.46. The van der Waals surface area contributed by atoms with Crippen molar-refractivity contribution < 1.29 is 5.11 Å². The molecule has 0 saturated heterocycles. The molecule has 0 aliphatic rings. The van der Waals surface area contributed by atoms with E-state index >= 15 is 0 Å². The minimum absolute atomic E-state index is 0.0185. The number of aliphatic hydroxyl groups is 1. The van der Waals surface area contributed by atoms with E-state index in [-0.39, 0.29) is 12.6 Å². The second-order valence-corrected chi connectivity index (χ2v) is 2.57. The van der Waals surface area contributed by atoms with Crippen molar-refractivity contribution in [2.45, 2.75) is 26.3 Å². The minimum Gasteiger partial charge on any atom is -0.395 e.